The molecule has 0 bridgehead atoms. The van der Waals surface area contributed by atoms with Gasteiger partial charge >= 0.3 is 6.09 Å². The fourth-order valence-corrected chi connectivity index (χ4v) is 4.28. The van der Waals surface area contributed by atoms with Gasteiger partial charge in [-0.2, -0.15) is 0 Å². The lowest BCUT2D eigenvalue weighted by atomic mass is 9.86. The fourth-order valence-electron chi connectivity index (χ4n) is 3.03. The fraction of sp³-hybridized carbons (Fsp3) is 0.300. The maximum absolute atomic E-state index is 13.5. The summed E-state index contributed by atoms with van der Waals surface area (Å²) in [6.07, 6.45) is 4.02. The standard InChI is InChI=1S/C20H21N3O3S/c1-13-15(27-17(22-13)23(18(25)26)19(2,3)4)16(24)20(11-8-12-21-20)14-9-6-5-7-10-14/h5-12H,1-4H3,(H,25,26). The predicted octanol–water partition coefficient (Wildman–Crippen LogP) is 4.45. The van der Waals surface area contributed by atoms with E-state index in [9.17, 15) is 14.7 Å². The third kappa shape index (κ3) is 3.30. The minimum Gasteiger partial charge on any atom is -0.465 e. The molecule has 3 rings (SSSR count). The Morgan fingerprint density at radius 3 is 2.37 bits per heavy atom. The average molecular weight is 383 g/mol. The minimum absolute atomic E-state index is 0.209. The second-order valence-corrected chi connectivity index (χ2v) is 8.28. The molecule has 6 nitrogen and oxygen atoms in total. The number of aliphatic imine (C=N–C) groups is 1. The van der Waals surface area contributed by atoms with Crippen LogP contribution in [-0.2, 0) is 5.54 Å². The van der Waals surface area contributed by atoms with Crippen LogP contribution in [0.4, 0.5) is 9.93 Å². The van der Waals surface area contributed by atoms with Crippen molar-refractivity contribution in [2.75, 3.05) is 4.90 Å². The zero-order valence-corrected chi connectivity index (χ0v) is 16.4. The van der Waals surface area contributed by atoms with Crippen molar-refractivity contribution in [2.45, 2.75) is 38.8 Å². The van der Waals surface area contributed by atoms with Gasteiger partial charge < -0.3 is 5.11 Å². The summed E-state index contributed by atoms with van der Waals surface area (Å²) in [5, 5.41) is 9.90. The molecule has 1 N–H and O–H groups in total. The molecule has 2 aromatic rings. The van der Waals surface area contributed by atoms with Gasteiger partial charge in [0.2, 0.25) is 5.78 Å². The SMILES string of the molecule is Cc1nc(N(C(=O)O)C(C)(C)C)sc1C(=O)C1(c2ccccc2)C=CC=N1. The van der Waals surface area contributed by atoms with Gasteiger partial charge in [-0.25, -0.2) is 14.7 Å². The zero-order valence-electron chi connectivity index (χ0n) is 15.6. The van der Waals surface area contributed by atoms with Crippen molar-refractivity contribution in [2.24, 2.45) is 4.99 Å². The van der Waals surface area contributed by atoms with E-state index in [-0.39, 0.29) is 10.9 Å². The molecule has 0 spiro atoms. The number of ketones is 1. The van der Waals surface area contributed by atoms with E-state index < -0.39 is 17.2 Å². The normalized spacial score (nSPS) is 18.7. The summed E-state index contributed by atoms with van der Waals surface area (Å²) in [6.45, 7) is 7.08. The summed E-state index contributed by atoms with van der Waals surface area (Å²) in [4.78, 5) is 35.7. The van der Waals surface area contributed by atoms with Gasteiger partial charge in [-0.1, -0.05) is 41.7 Å². The molecule has 1 aliphatic heterocycles. The first-order valence-corrected chi connectivity index (χ1v) is 9.32. The largest absolute Gasteiger partial charge is 0.465 e. The van der Waals surface area contributed by atoms with E-state index in [1.807, 2.05) is 30.3 Å². The van der Waals surface area contributed by atoms with Crippen molar-refractivity contribution < 1.29 is 14.7 Å². The Bertz CT molecular complexity index is 927. The number of carboxylic acid groups (broad SMARTS) is 1. The first-order chi connectivity index (χ1) is 12.7. The molecule has 140 valence electrons. The lowest BCUT2D eigenvalue weighted by Crippen LogP contribution is -2.45. The molecule has 1 aliphatic rings. The third-order valence-electron chi connectivity index (χ3n) is 4.31. The maximum atomic E-state index is 13.5. The Hall–Kier alpha value is -2.80. The minimum atomic E-state index is -1.13. The highest BCUT2D eigenvalue weighted by Crippen LogP contribution is 2.39. The summed E-state index contributed by atoms with van der Waals surface area (Å²) in [5.41, 5.74) is -0.550. The van der Waals surface area contributed by atoms with Crippen molar-refractivity contribution in [1.82, 2.24) is 4.98 Å². The monoisotopic (exact) mass is 383 g/mol. The zero-order chi connectivity index (χ0) is 19.8. The molecule has 0 saturated carbocycles. The van der Waals surface area contributed by atoms with Crippen LogP contribution in [0, 0.1) is 6.92 Å². The number of anilines is 1. The number of rotatable bonds is 4. The molecule has 7 heteroatoms. The number of amides is 1. The van der Waals surface area contributed by atoms with Crippen LogP contribution in [0.2, 0.25) is 0 Å². The second-order valence-electron chi connectivity index (χ2n) is 7.30. The van der Waals surface area contributed by atoms with Crippen LogP contribution < -0.4 is 4.90 Å². The van der Waals surface area contributed by atoms with Gasteiger partial charge in [-0.3, -0.25) is 9.79 Å². The highest BCUT2D eigenvalue weighted by atomic mass is 32.1. The van der Waals surface area contributed by atoms with Crippen LogP contribution in [-0.4, -0.2) is 33.7 Å². The van der Waals surface area contributed by atoms with Gasteiger partial charge in [-0.05, 0) is 45.4 Å². The van der Waals surface area contributed by atoms with Crippen LogP contribution in [0.3, 0.4) is 0 Å². The quantitative estimate of drug-likeness (QED) is 0.791. The second kappa shape index (κ2) is 6.74. The molecule has 0 fully saturated rings. The Morgan fingerprint density at radius 2 is 1.85 bits per heavy atom. The number of benzene rings is 1. The van der Waals surface area contributed by atoms with E-state index in [1.165, 1.54) is 4.90 Å². The highest BCUT2D eigenvalue weighted by molar-refractivity contribution is 7.18. The number of aromatic nitrogens is 1. The van der Waals surface area contributed by atoms with Crippen LogP contribution in [0.5, 0.6) is 0 Å². The van der Waals surface area contributed by atoms with Gasteiger partial charge in [-0.15, -0.1) is 0 Å². The van der Waals surface area contributed by atoms with E-state index >= 15 is 0 Å². The van der Waals surface area contributed by atoms with E-state index in [0.717, 1.165) is 16.9 Å². The number of allylic oxidation sites excluding steroid dienone is 1. The third-order valence-corrected chi connectivity index (χ3v) is 5.45. The number of thiazole rings is 1. The maximum Gasteiger partial charge on any atom is 0.414 e. The number of carbonyl (C=O) groups is 2. The summed E-state index contributed by atoms with van der Waals surface area (Å²) in [6, 6.07) is 9.33. The van der Waals surface area contributed by atoms with Gasteiger partial charge in [0.25, 0.3) is 0 Å². The molecular formula is C20H21N3O3S. The molecule has 2 heterocycles. The molecule has 1 amide bonds. The van der Waals surface area contributed by atoms with E-state index in [1.54, 1.807) is 46.1 Å². The molecular weight excluding hydrogens is 362 g/mol. The van der Waals surface area contributed by atoms with Crippen molar-refractivity contribution in [3.8, 4) is 0 Å². The Morgan fingerprint density at radius 1 is 1.19 bits per heavy atom. The Balaban J connectivity index is 2.08. The van der Waals surface area contributed by atoms with Crippen LogP contribution in [0.1, 0.15) is 41.7 Å². The topological polar surface area (TPSA) is 82.9 Å². The lowest BCUT2D eigenvalue weighted by Gasteiger charge is -2.30. The van der Waals surface area contributed by atoms with Gasteiger partial charge in [0.05, 0.1) is 10.6 Å². The van der Waals surface area contributed by atoms with Gasteiger partial charge in [0, 0.05) is 11.8 Å². The molecule has 0 radical (unpaired) electrons. The predicted molar refractivity (Wildman–Crippen MR) is 107 cm³/mol. The summed E-state index contributed by atoms with van der Waals surface area (Å²) in [5.74, 6) is -0.209. The molecule has 1 aromatic heterocycles. The van der Waals surface area contributed by atoms with Crippen LogP contribution in [0.15, 0.2) is 47.5 Å². The number of aryl methyl sites for hydroxylation is 1. The first-order valence-electron chi connectivity index (χ1n) is 8.51. The van der Waals surface area contributed by atoms with E-state index in [0.29, 0.717) is 10.6 Å². The average Bonchev–Trinajstić information content (AvgIpc) is 3.21. The number of hydrogen-bond acceptors (Lipinski definition) is 5. The Kier molecular flexibility index (Phi) is 4.73. The lowest BCUT2D eigenvalue weighted by molar-refractivity contribution is 0.0926. The van der Waals surface area contributed by atoms with E-state index in [4.69, 9.17) is 0 Å². The molecule has 1 aromatic carbocycles. The van der Waals surface area contributed by atoms with Crippen LogP contribution in [0.25, 0.3) is 0 Å². The number of carbonyl (C=O) groups excluding carboxylic acids is 1. The van der Waals surface area contributed by atoms with Gasteiger partial charge in [0.1, 0.15) is 0 Å². The summed E-state index contributed by atoms with van der Waals surface area (Å²) in [7, 11) is 0. The molecule has 0 aliphatic carbocycles. The number of nitrogens with zero attached hydrogens (tertiary/aromatic N) is 3. The van der Waals surface area contributed by atoms with Crippen molar-refractivity contribution in [1.29, 1.82) is 0 Å². The van der Waals surface area contributed by atoms with Gasteiger partial charge in [0.15, 0.2) is 10.7 Å². The van der Waals surface area contributed by atoms with Crippen molar-refractivity contribution in [3.63, 3.8) is 0 Å². The molecule has 27 heavy (non-hydrogen) atoms. The van der Waals surface area contributed by atoms with Crippen LogP contribution >= 0.6 is 11.3 Å². The smallest absolute Gasteiger partial charge is 0.414 e. The first kappa shape index (κ1) is 19.0. The highest BCUT2D eigenvalue weighted by Gasteiger charge is 2.42. The number of Topliss-reactive ketones (excluding diaryl/α,β-unsaturated/α-hetero) is 1. The molecule has 1 unspecified atom stereocenters. The number of hydrogen-bond donors (Lipinski definition) is 1. The summed E-state index contributed by atoms with van der Waals surface area (Å²) < 4.78 is 0. The van der Waals surface area contributed by atoms with Crippen molar-refractivity contribution in [3.05, 3.63) is 58.6 Å². The Labute approximate surface area is 161 Å². The van der Waals surface area contributed by atoms with Crippen molar-refractivity contribution >= 4 is 34.6 Å². The molecule has 0 saturated heterocycles. The summed E-state index contributed by atoms with van der Waals surface area (Å²) >= 11 is 1.09. The van der Waals surface area contributed by atoms with E-state index in [2.05, 4.69) is 9.98 Å². The molecule has 1 atom stereocenters.